The number of nitrogens with one attached hydrogen (secondary N) is 1. The molecule has 3 rings (SSSR count). The predicted octanol–water partition coefficient (Wildman–Crippen LogP) is 5.27. The molecule has 8 heteroatoms. The van der Waals surface area contributed by atoms with Crippen molar-refractivity contribution in [3.05, 3.63) is 80.6 Å². The molecular weight excluding hydrogens is 384 g/mol. The number of anilines is 1. The molecule has 0 fully saturated rings. The Bertz CT molecular complexity index is 1100. The minimum atomic E-state index is -0.563. The summed E-state index contributed by atoms with van der Waals surface area (Å²) in [6, 6.07) is 12.2. The summed E-state index contributed by atoms with van der Waals surface area (Å²) in [6.07, 6.45) is 0. The Morgan fingerprint density at radius 1 is 1.14 bits per heavy atom. The van der Waals surface area contributed by atoms with Crippen LogP contribution < -0.4 is 5.32 Å². The highest BCUT2D eigenvalue weighted by Gasteiger charge is 2.22. The van der Waals surface area contributed by atoms with Gasteiger partial charge in [0.25, 0.3) is 11.6 Å². The standard InChI is InChI=1S/C20H15ClN2O5/c1-11(24)13-4-3-5-15(8-13)22-20(25)17-10-19(28-12(17)2)16-7-6-14(21)9-18(16)23(26)27/h3-10H,1-2H3,(H,22,25). The van der Waals surface area contributed by atoms with Gasteiger partial charge in [0.15, 0.2) is 5.78 Å². The molecule has 0 radical (unpaired) electrons. The summed E-state index contributed by atoms with van der Waals surface area (Å²) in [5, 5.41) is 14.2. The van der Waals surface area contributed by atoms with E-state index in [1.165, 1.54) is 31.2 Å². The Hall–Kier alpha value is -3.45. The fourth-order valence-corrected chi connectivity index (χ4v) is 2.89. The van der Waals surface area contributed by atoms with Gasteiger partial charge in [0.2, 0.25) is 0 Å². The number of ketones is 1. The third kappa shape index (κ3) is 3.94. The van der Waals surface area contributed by atoms with Gasteiger partial charge >= 0.3 is 0 Å². The lowest BCUT2D eigenvalue weighted by Gasteiger charge is -2.05. The molecule has 2 aromatic carbocycles. The Morgan fingerprint density at radius 2 is 1.89 bits per heavy atom. The van der Waals surface area contributed by atoms with E-state index in [1.807, 2.05) is 0 Å². The first-order valence-electron chi connectivity index (χ1n) is 8.23. The highest BCUT2D eigenvalue weighted by atomic mass is 35.5. The molecule has 0 spiro atoms. The van der Waals surface area contributed by atoms with Gasteiger partial charge in [-0.25, -0.2) is 0 Å². The molecule has 142 valence electrons. The zero-order valence-electron chi connectivity index (χ0n) is 15.0. The van der Waals surface area contributed by atoms with Crippen LogP contribution in [0.5, 0.6) is 0 Å². The van der Waals surface area contributed by atoms with E-state index in [4.69, 9.17) is 16.0 Å². The molecule has 1 aromatic heterocycles. The van der Waals surface area contributed by atoms with Crippen LogP contribution in [0.4, 0.5) is 11.4 Å². The van der Waals surface area contributed by atoms with E-state index in [0.717, 1.165) is 0 Å². The molecule has 0 aliphatic rings. The summed E-state index contributed by atoms with van der Waals surface area (Å²) < 4.78 is 5.59. The van der Waals surface area contributed by atoms with Crippen LogP contribution in [0.1, 0.15) is 33.4 Å². The van der Waals surface area contributed by atoms with Crippen LogP contribution in [-0.2, 0) is 0 Å². The van der Waals surface area contributed by atoms with Crippen LogP contribution >= 0.6 is 11.6 Å². The van der Waals surface area contributed by atoms with Crippen molar-refractivity contribution in [2.75, 3.05) is 5.32 Å². The Labute approximate surface area is 165 Å². The average molecular weight is 399 g/mol. The number of Topliss-reactive ketones (excluding diaryl/α,β-unsaturated/α-hetero) is 1. The number of nitro benzene ring substituents is 1. The number of carbonyl (C=O) groups excluding carboxylic acids is 2. The molecule has 0 saturated carbocycles. The van der Waals surface area contributed by atoms with Crippen LogP contribution in [0, 0.1) is 17.0 Å². The number of hydrogen-bond donors (Lipinski definition) is 1. The van der Waals surface area contributed by atoms with Crippen LogP contribution in [0.3, 0.4) is 0 Å². The molecule has 0 atom stereocenters. The summed E-state index contributed by atoms with van der Waals surface area (Å²) in [7, 11) is 0. The van der Waals surface area contributed by atoms with Crippen molar-refractivity contribution in [2.45, 2.75) is 13.8 Å². The number of halogens is 1. The molecule has 0 aliphatic heterocycles. The van der Waals surface area contributed by atoms with Gasteiger partial charge in [-0.1, -0.05) is 23.7 Å². The Morgan fingerprint density at radius 3 is 2.57 bits per heavy atom. The number of benzene rings is 2. The van der Waals surface area contributed by atoms with Crippen molar-refractivity contribution in [3.63, 3.8) is 0 Å². The topological polar surface area (TPSA) is 102 Å². The van der Waals surface area contributed by atoms with Crippen LogP contribution in [0.15, 0.2) is 52.9 Å². The lowest BCUT2D eigenvalue weighted by Crippen LogP contribution is -2.12. The summed E-state index contributed by atoms with van der Waals surface area (Å²) in [5.41, 5.74) is 1.15. The number of aryl methyl sites for hydroxylation is 1. The highest BCUT2D eigenvalue weighted by molar-refractivity contribution is 6.31. The fraction of sp³-hybridized carbons (Fsp3) is 0.100. The molecule has 0 bridgehead atoms. The summed E-state index contributed by atoms with van der Waals surface area (Å²) in [4.78, 5) is 34.8. The molecule has 1 heterocycles. The first-order chi connectivity index (χ1) is 13.3. The second kappa shape index (κ2) is 7.66. The van der Waals surface area contributed by atoms with Gasteiger partial charge in [0.05, 0.1) is 16.1 Å². The number of amides is 1. The second-order valence-electron chi connectivity index (χ2n) is 6.09. The number of furan rings is 1. The number of hydrogen-bond acceptors (Lipinski definition) is 5. The zero-order valence-corrected chi connectivity index (χ0v) is 15.7. The Kier molecular flexibility index (Phi) is 5.28. The van der Waals surface area contributed by atoms with Gasteiger partial charge in [-0.05, 0) is 44.2 Å². The van der Waals surface area contributed by atoms with Crippen molar-refractivity contribution in [3.8, 4) is 11.3 Å². The van der Waals surface area contributed by atoms with Gasteiger partial charge < -0.3 is 9.73 Å². The normalized spacial score (nSPS) is 10.5. The monoisotopic (exact) mass is 398 g/mol. The third-order valence-corrected chi connectivity index (χ3v) is 4.35. The minimum Gasteiger partial charge on any atom is -0.460 e. The maximum absolute atomic E-state index is 12.6. The number of carbonyl (C=O) groups is 2. The van der Waals surface area contributed by atoms with E-state index in [0.29, 0.717) is 17.0 Å². The van der Waals surface area contributed by atoms with Gasteiger partial charge in [-0.2, -0.15) is 0 Å². The van der Waals surface area contributed by atoms with E-state index >= 15 is 0 Å². The van der Waals surface area contributed by atoms with Gasteiger partial charge in [0.1, 0.15) is 11.5 Å². The first-order valence-corrected chi connectivity index (χ1v) is 8.61. The highest BCUT2D eigenvalue weighted by Crippen LogP contribution is 2.34. The van der Waals surface area contributed by atoms with Crippen LogP contribution in [0.2, 0.25) is 5.02 Å². The molecular formula is C20H15ClN2O5. The van der Waals surface area contributed by atoms with Crippen LogP contribution in [0.25, 0.3) is 11.3 Å². The van der Waals surface area contributed by atoms with E-state index in [1.54, 1.807) is 31.2 Å². The maximum atomic E-state index is 12.6. The third-order valence-electron chi connectivity index (χ3n) is 4.11. The first kappa shape index (κ1) is 19.3. The van der Waals surface area contributed by atoms with Crippen molar-refractivity contribution in [1.82, 2.24) is 0 Å². The molecule has 0 unspecified atom stereocenters. The molecule has 0 saturated heterocycles. The quantitative estimate of drug-likeness (QED) is 0.358. The zero-order chi connectivity index (χ0) is 20.4. The number of nitrogens with zero attached hydrogens (tertiary/aromatic N) is 1. The van der Waals surface area contributed by atoms with E-state index in [9.17, 15) is 19.7 Å². The summed E-state index contributed by atoms with van der Waals surface area (Å²) in [6.45, 7) is 3.03. The van der Waals surface area contributed by atoms with Crippen molar-refractivity contribution >= 4 is 34.7 Å². The van der Waals surface area contributed by atoms with Gasteiger partial charge in [-0.3, -0.25) is 19.7 Å². The largest absolute Gasteiger partial charge is 0.460 e. The lowest BCUT2D eigenvalue weighted by molar-refractivity contribution is -0.384. The average Bonchev–Trinajstić information content (AvgIpc) is 3.03. The maximum Gasteiger partial charge on any atom is 0.281 e. The second-order valence-corrected chi connectivity index (χ2v) is 6.53. The van der Waals surface area contributed by atoms with Crippen molar-refractivity contribution in [2.24, 2.45) is 0 Å². The Balaban J connectivity index is 1.93. The molecule has 1 N–H and O–H groups in total. The van der Waals surface area contributed by atoms with Crippen LogP contribution in [-0.4, -0.2) is 16.6 Å². The summed E-state index contributed by atoms with van der Waals surface area (Å²) in [5.74, 6) is -0.0827. The van der Waals surface area contributed by atoms with Gasteiger partial charge in [0, 0.05) is 22.3 Å². The van der Waals surface area contributed by atoms with Crippen molar-refractivity contribution in [1.29, 1.82) is 0 Å². The van der Waals surface area contributed by atoms with Crippen molar-refractivity contribution < 1.29 is 18.9 Å². The molecule has 7 nitrogen and oxygen atoms in total. The SMILES string of the molecule is CC(=O)c1cccc(NC(=O)c2cc(-c3ccc(Cl)cc3[N+](=O)[O-])oc2C)c1. The minimum absolute atomic E-state index is 0.118. The fourth-order valence-electron chi connectivity index (χ4n) is 2.72. The van der Waals surface area contributed by atoms with E-state index in [2.05, 4.69) is 5.32 Å². The van der Waals surface area contributed by atoms with E-state index in [-0.39, 0.29) is 33.4 Å². The molecule has 1 amide bonds. The lowest BCUT2D eigenvalue weighted by atomic mass is 10.1. The molecule has 0 aliphatic carbocycles. The molecule has 3 aromatic rings. The molecule has 28 heavy (non-hydrogen) atoms. The van der Waals surface area contributed by atoms with Gasteiger partial charge in [-0.15, -0.1) is 0 Å². The number of nitro groups is 1. The predicted molar refractivity (Wildman–Crippen MR) is 105 cm³/mol. The van der Waals surface area contributed by atoms with E-state index < -0.39 is 10.8 Å². The summed E-state index contributed by atoms with van der Waals surface area (Å²) >= 11 is 5.84. The smallest absolute Gasteiger partial charge is 0.281 e. The number of rotatable bonds is 5.